The second-order valence-electron chi connectivity index (χ2n) is 20.0. The lowest BCUT2D eigenvalue weighted by Gasteiger charge is -2.48. The van der Waals surface area contributed by atoms with E-state index in [0.717, 1.165) is 32.2 Å². The first kappa shape index (κ1) is 45.5. The summed E-state index contributed by atoms with van der Waals surface area (Å²) in [5.74, 6) is 2.72. The van der Waals surface area contributed by atoms with Crippen molar-refractivity contribution in [3.63, 3.8) is 0 Å². The van der Waals surface area contributed by atoms with Crippen LogP contribution < -0.4 is 14.4 Å². The summed E-state index contributed by atoms with van der Waals surface area (Å²) in [4.78, 5) is 33.0. The number of hydrogen-bond donors (Lipinski definition) is 1. The molecule has 2 aromatic carbocycles. The van der Waals surface area contributed by atoms with E-state index in [4.69, 9.17) is 33.9 Å². The average molecular weight is 915 g/mol. The summed E-state index contributed by atoms with van der Waals surface area (Å²) in [5, 5.41) is 11.7. The van der Waals surface area contributed by atoms with Crippen LogP contribution in [0.1, 0.15) is 92.1 Å². The van der Waals surface area contributed by atoms with Gasteiger partial charge in [-0.15, -0.1) is 5.54 Å². The number of benzene rings is 2. The molecule has 1 aliphatic carbocycles. The van der Waals surface area contributed by atoms with Gasteiger partial charge in [0.25, 0.3) is 0 Å². The van der Waals surface area contributed by atoms with E-state index in [1.807, 2.05) is 4.90 Å². The zero-order chi connectivity index (χ0) is 46.0. The Balaban J connectivity index is 1.22. The Bertz CT molecular complexity index is 2530. The second kappa shape index (κ2) is 17.5. The van der Waals surface area contributed by atoms with Crippen LogP contribution in [0.5, 0.6) is 11.8 Å². The maximum atomic E-state index is 18.0. The second-order valence-corrected chi connectivity index (χ2v) is 25.6. The van der Waals surface area contributed by atoms with E-state index in [-0.39, 0.29) is 83.7 Å². The van der Waals surface area contributed by atoms with Crippen molar-refractivity contribution in [1.82, 2.24) is 24.8 Å². The van der Waals surface area contributed by atoms with Crippen molar-refractivity contribution >= 4 is 41.7 Å². The zero-order valence-corrected chi connectivity index (χ0v) is 39.6. The Morgan fingerprint density at radius 1 is 0.985 bits per heavy atom. The predicted octanol–water partition coefficient (Wildman–Crippen LogP) is 9.51. The smallest absolute Gasteiger partial charge is 0.408 e. The van der Waals surface area contributed by atoms with Gasteiger partial charge in [-0.3, -0.25) is 14.8 Å². The summed E-state index contributed by atoms with van der Waals surface area (Å²) in [6.07, 6.45) is 4.76. The number of carboxylic acid groups (broad SMARTS) is 1. The number of alkyl halides is 1. The largest absolute Gasteiger partial charge is 0.468 e. The van der Waals surface area contributed by atoms with E-state index in [9.17, 15) is 14.3 Å². The van der Waals surface area contributed by atoms with E-state index < -0.39 is 43.1 Å². The average Bonchev–Trinajstić information content (AvgIpc) is 3.87. The number of carbonyl (C=O) groups is 1. The highest BCUT2D eigenvalue weighted by Gasteiger charge is 2.55. The molecule has 1 saturated carbocycles. The van der Waals surface area contributed by atoms with Crippen molar-refractivity contribution < 1.29 is 42.0 Å². The first-order chi connectivity index (χ1) is 31.1. The Morgan fingerprint density at radius 2 is 1.75 bits per heavy atom. The highest BCUT2D eigenvalue weighted by molar-refractivity contribution is 6.90. The number of rotatable bonds is 14. The Labute approximate surface area is 380 Å². The number of aromatic nitrogens is 3. The summed E-state index contributed by atoms with van der Waals surface area (Å²) in [6.45, 7) is 15.1. The molecule has 0 spiro atoms. The number of fused-ring (bicyclic) bond motifs is 5. The summed E-state index contributed by atoms with van der Waals surface area (Å²) in [5.41, 5.74) is 3.39. The fourth-order valence-corrected chi connectivity index (χ4v) is 17.2. The lowest BCUT2D eigenvalue weighted by atomic mass is 9.95. The van der Waals surface area contributed by atoms with Gasteiger partial charge in [0, 0.05) is 50.3 Å². The molecule has 1 amide bonds. The number of amides is 1. The summed E-state index contributed by atoms with van der Waals surface area (Å²) in [7, 11) is -0.842. The summed E-state index contributed by atoms with van der Waals surface area (Å²) >= 11 is 0. The molecule has 2 unspecified atom stereocenters. The quantitative estimate of drug-likeness (QED) is 0.0740. The fourth-order valence-electron chi connectivity index (χ4n) is 12.0. The molecule has 1 N–H and O–H groups in total. The molecule has 5 aliphatic rings. The first-order valence-electron chi connectivity index (χ1n) is 23.3. The van der Waals surface area contributed by atoms with Gasteiger partial charge in [0.15, 0.2) is 12.6 Å². The minimum atomic E-state index is -2.34. The molecule has 5 fully saturated rings. The molecule has 6 heterocycles. The van der Waals surface area contributed by atoms with E-state index in [1.54, 1.807) is 23.1 Å². The minimum Gasteiger partial charge on any atom is -0.468 e. The summed E-state index contributed by atoms with van der Waals surface area (Å²) in [6, 6.07) is 5.96. The van der Waals surface area contributed by atoms with Crippen LogP contribution in [-0.4, -0.2) is 127 Å². The van der Waals surface area contributed by atoms with Gasteiger partial charge in [0.2, 0.25) is 0 Å². The molecule has 348 valence electrons. The van der Waals surface area contributed by atoms with Crippen LogP contribution in [0, 0.1) is 23.1 Å². The first-order valence-corrected chi connectivity index (χ1v) is 25.5. The molecule has 16 heteroatoms. The molecule has 65 heavy (non-hydrogen) atoms. The van der Waals surface area contributed by atoms with E-state index in [0.29, 0.717) is 60.1 Å². The number of methoxy groups -OCH3 is 1. The monoisotopic (exact) mass is 914 g/mol. The summed E-state index contributed by atoms with van der Waals surface area (Å²) < 4.78 is 73.1. The van der Waals surface area contributed by atoms with E-state index >= 15 is 8.78 Å². The molecular weight excluding hydrogens is 854 g/mol. The molecule has 4 aliphatic heterocycles. The molecular formula is C49H61F3N6O6Si. The Morgan fingerprint density at radius 3 is 2.46 bits per heavy atom. The molecule has 4 aromatic rings. The van der Waals surface area contributed by atoms with Crippen molar-refractivity contribution in [3.05, 3.63) is 47.7 Å². The number of pyridine rings is 1. The van der Waals surface area contributed by atoms with E-state index in [2.05, 4.69) is 57.9 Å². The third-order valence-corrected chi connectivity index (χ3v) is 21.4. The van der Waals surface area contributed by atoms with Crippen molar-refractivity contribution in [1.29, 1.82) is 0 Å². The van der Waals surface area contributed by atoms with Crippen LogP contribution in [0.3, 0.4) is 0 Å². The molecule has 2 aromatic heterocycles. The predicted molar refractivity (Wildman–Crippen MR) is 246 cm³/mol. The Hall–Kier alpha value is -4.69. The van der Waals surface area contributed by atoms with Crippen molar-refractivity contribution in [2.24, 2.45) is 0 Å². The van der Waals surface area contributed by atoms with Gasteiger partial charge in [-0.05, 0) is 85.3 Å². The zero-order valence-electron chi connectivity index (χ0n) is 38.6. The van der Waals surface area contributed by atoms with Crippen LogP contribution in [0.25, 0.3) is 32.9 Å². The fraction of sp³-hybridized carbons (Fsp3) is 0.592. The highest BCUT2D eigenvalue weighted by atomic mass is 28.3. The van der Waals surface area contributed by atoms with Gasteiger partial charge >= 0.3 is 12.1 Å². The van der Waals surface area contributed by atoms with Crippen LogP contribution in [0.2, 0.25) is 16.6 Å². The van der Waals surface area contributed by atoms with Gasteiger partial charge in [0.1, 0.15) is 49.4 Å². The van der Waals surface area contributed by atoms with Gasteiger partial charge in [0.05, 0.1) is 40.8 Å². The van der Waals surface area contributed by atoms with E-state index in [1.165, 1.54) is 19.4 Å². The molecule has 12 nitrogen and oxygen atoms in total. The van der Waals surface area contributed by atoms with Crippen LogP contribution in [0.15, 0.2) is 30.5 Å². The van der Waals surface area contributed by atoms with Gasteiger partial charge < -0.3 is 29.0 Å². The number of halogens is 3. The number of piperazine rings is 1. The van der Waals surface area contributed by atoms with Gasteiger partial charge in [-0.2, -0.15) is 9.97 Å². The Kier molecular flexibility index (Phi) is 12.2. The topological polar surface area (TPSA) is 123 Å². The van der Waals surface area contributed by atoms with Crippen LogP contribution in [-0.2, 0) is 9.47 Å². The number of ether oxygens (including phenoxy) is 4. The van der Waals surface area contributed by atoms with Crippen LogP contribution >= 0.6 is 0 Å². The number of hydrogen-bond acceptors (Lipinski definition) is 10. The molecule has 4 atom stereocenters. The standard InChI is InChI=1S/C49H61F3N6O6Si/c1-29(2)65(30(3)4,31(5)6)18-14-37-40(51)12-9-32-19-36(64-28-61-7)20-38(41(32)37)43-42(52)44-39(22-53-43)45(55-46(54-44)63-26-48-15-8-17-57(48)23-33(50)21-48)56-24-34-13-16-49(25-56,58(34)47(59)60)27-62-35-10-11-35/h9,12,19-20,22,29-31,33-35H,8,10-11,13,15-17,21,23-28H2,1-7H3,(H,59,60)/t33-,34?,48+,49?/m1/s1. The minimum absolute atomic E-state index is 0.0758. The third-order valence-electron chi connectivity index (χ3n) is 15.1. The lowest BCUT2D eigenvalue weighted by Crippen LogP contribution is -2.65. The number of nitrogens with zero attached hydrogens (tertiary/aromatic N) is 6. The maximum Gasteiger partial charge on any atom is 0.408 e. The molecule has 2 bridgehead atoms. The maximum absolute atomic E-state index is 18.0. The number of anilines is 1. The third kappa shape index (κ3) is 8.07. The van der Waals surface area contributed by atoms with Gasteiger partial charge in [-0.1, -0.05) is 53.5 Å². The normalized spacial score (nSPS) is 24.4. The van der Waals surface area contributed by atoms with Crippen molar-refractivity contribution in [2.75, 3.05) is 58.2 Å². The van der Waals surface area contributed by atoms with Crippen molar-refractivity contribution in [3.8, 4) is 34.5 Å². The van der Waals surface area contributed by atoms with Crippen LogP contribution in [0.4, 0.5) is 23.8 Å². The SMILES string of the molecule is COCOc1cc(-c2ncc3c(N4CC5CCC(COC6CC6)(C4)N5C(=O)O)nc(OC[C@@]45CCCN4C[C@H](F)C5)nc3c2F)c2c(C#C[Si](C(C)C)(C(C)C)C(C)C)c(F)ccc2c1. The molecule has 4 saturated heterocycles. The molecule has 0 radical (unpaired) electrons. The van der Waals surface area contributed by atoms with Gasteiger partial charge in [-0.25, -0.2) is 18.0 Å². The highest BCUT2D eigenvalue weighted by Crippen LogP contribution is 2.46. The lowest BCUT2D eigenvalue weighted by molar-refractivity contribution is -0.00518. The van der Waals surface area contributed by atoms with Crippen molar-refractivity contribution in [2.45, 2.75) is 133 Å². The molecule has 9 rings (SSSR count).